The van der Waals surface area contributed by atoms with Gasteiger partial charge in [0.2, 0.25) is 13.7 Å². The SMILES string of the molecule is [O]C1(Cl)C(Cl)(Cl)C(Cl)(Cl)C(Cl)(Cl)C1(Cl)Cl. The third kappa shape index (κ3) is 1.55. The molecule has 1 fully saturated rings. The summed E-state index contributed by atoms with van der Waals surface area (Å²) in [5.74, 6) is 0. The highest BCUT2D eigenvalue weighted by molar-refractivity contribution is 6.78. The number of rotatable bonds is 0. The molecule has 1 radical (unpaired) electrons. The highest BCUT2D eigenvalue weighted by Gasteiger charge is 2.89. The van der Waals surface area contributed by atoms with Crippen LogP contribution in [0.1, 0.15) is 0 Å². The predicted octanol–water partition coefficient (Wildman–Crippen LogP) is 5.06. The summed E-state index contributed by atoms with van der Waals surface area (Å²) in [5, 5.41) is 9.05. The van der Waals surface area contributed by atoms with Gasteiger partial charge >= 0.3 is 0 Å². The van der Waals surface area contributed by atoms with Crippen LogP contribution in [0.5, 0.6) is 0 Å². The molecule has 0 aromatic rings. The molecule has 0 spiro atoms. The van der Waals surface area contributed by atoms with E-state index < -0.39 is 22.4 Å². The van der Waals surface area contributed by atoms with E-state index in [1.54, 1.807) is 0 Å². The van der Waals surface area contributed by atoms with Gasteiger partial charge in [0, 0.05) is 0 Å². The van der Waals surface area contributed by atoms with Gasteiger partial charge in [0.15, 0.2) is 8.67 Å². The maximum absolute atomic E-state index is 11.9. The molecule has 0 amide bonds. The van der Waals surface area contributed by atoms with E-state index in [2.05, 4.69) is 0 Å². The Hall–Kier alpha value is 2.57. The number of halogens is 9. The Kier molecular flexibility index (Phi) is 3.94. The Morgan fingerprint density at radius 1 is 0.467 bits per heavy atom. The standard InChI is InChI=1S/C5Cl9O/c6-1(7)2(8,9)4(12,13)5(14,15)3(1,10)11. The summed E-state index contributed by atoms with van der Waals surface area (Å²) < 4.78 is -9.67. The van der Waals surface area contributed by atoms with E-state index >= 15 is 0 Å². The van der Waals surface area contributed by atoms with Gasteiger partial charge in [0.05, 0.1) is 0 Å². The summed E-state index contributed by atoms with van der Waals surface area (Å²) in [7, 11) is 0. The van der Waals surface area contributed by atoms with E-state index in [4.69, 9.17) is 104 Å². The minimum Gasteiger partial charge on any atom is -0.205 e. The number of hydrogen-bond donors (Lipinski definition) is 0. The first kappa shape index (κ1) is 15.6. The first-order chi connectivity index (χ1) is 6.25. The van der Waals surface area contributed by atoms with Crippen LogP contribution in [0.2, 0.25) is 0 Å². The maximum atomic E-state index is 11.9. The van der Waals surface area contributed by atoms with E-state index in [0.717, 1.165) is 0 Å². The number of hydrogen-bond acceptors (Lipinski definition) is 0. The fraction of sp³-hybridized carbons (Fsp3) is 1.00. The summed E-state index contributed by atoms with van der Waals surface area (Å²) in [6, 6.07) is 0. The molecule has 0 saturated heterocycles. The zero-order chi connectivity index (χ0) is 12.5. The fourth-order valence-electron chi connectivity index (χ4n) is 0.995. The van der Waals surface area contributed by atoms with Crippen molar-refractivity contribution in [1.29, 1.82) is 0 Å². The third-order valence-corrected chi connectivity index (χ3v) is 8.57. The van der Waals surface area contributed by atoms with Crippen molar-refractivity contribution in [3.8, 4) is 0 Å². The molecule has 0 N–H and O–H groups in total. The topological polar surface area (TPSA) is 19.9 Å². The fourth-order valence-corrected chi connectivity index (χ4v) is 4.29. The summed E-state index contributed by atoms with van der Waals surface area (Å²) in [5.41, 5.74) is 0. The van der Waals surface area contributed by atoms with Crippen molar-refractivity contribution >= 4 is 104 Å². The van der Waals surface area contributed by atoms with Crippen LogP contribution in [0.3, 0.4) is 0 Å². The molecule has 1 nitrogen and oxygen atoms in total. The Morgan fingerprint density at radius 2 is 0.667 bits per heavy atom. The normalized spacial score (nSPS) is 34.0. The van der Waals surface area contributed by atoms with Crippen molar-refractivity contribution in [3.63, 3.8) is 0 Å². The van der Waals surface area contributed by atoms with Crippen molar-refractivity contribution in [2.45, 2.75) is 22.4 Å². The van der Waals surface area contributed by atoms with Crippen molar-refractivity contribution in [2.75, 3.05) is 0 Å². The molecule has 0 aromatic heterocycles. The molecule has 0 bridgehead atoms. The van der Waals surface area contributed by atoms with Crippen LogP contribution in [0.15, 0.2) is 0 Å². The highest BCUT2D eigenvalue weighted by Crippen LogP contribution is 2.75. The Labute approximate surface area is 131 Å². The lowest BCUT2D eigenvalue weighted by molar-refractivity contribution is 0.0398. The van der Waals surface area contributed by atoms with Crippen molar-refractivity contribution < 1.29 is 5.11 Å². The van der Waals surface area contributed by atoms with Crippen LogP contribution in [0.25, 0.3) is 0 Å². The maximum Gasteiger partial charge on any atom is 0.247 e. The van der Waals surface area contributed by atoms with Gasteiger partial charge in [-0.2, -0.15) is 0 Å². The molecule has 1 rings (SSSR count). The predicted molar refractivity (Wildman–Crippen MR) is 67.0 cm³/mol. The van der Waals surface area contributed by atoms with E-state index in [-0.39, 0.29) is 0 Å². The summed E-state index contributed by atoms with van der Waals surface area (Å²) in [6.07, 6.45) is 0. The molecule has 0 heterocycles. The Morgan fingerprint density at radius 3 is 0.733 bits per heavy atom. The zero-order valence-electron chi connectivity index (χ0n) is 6.31. The Bertz CT molecular complexity index is 203. The quantitative estimate of drug-likeness (QED) is 0.511. The number of alkyl halides is 9. The van der Waals surface area contributed by atoms with Crippen LogP contribution in [0, 0.1) is 0 Å². The van der Waals surface area contributed by atoms with Crippen LogP contribution in [-0.4, -0.2) is 22.4 Å². The molecular weight excluding hydrogens is 395 g/mol. The molecule has 1 aliphatic rings. The van der Waals surface area contributed by atoms with Crippen molar-refractivity contribution in [1.82, 2.24) is 0 Å². The van der Waals surface area contributed by atoms with E-state index in [9.17, 15) is 5.11 Å². The molecule has 1 aliphatic carbocycles. The Balaban J connectivity index is 3.55. The zero-order valence-corrected chi connectivity index (χ0v) is 13.1. The molecular formula is C5Cl9O. The van der Waals surface area contributed by atoms with Gasteiger partial charge in [0.1, 0.15) is 0 Å². The lowest BCUT2D eigenvalue weighted by atomic mass is 10.3. The minimum absolute atomic E-state index is 2.35. The second-order valence-electron chi connectivity index (χ2n) is 2.89. The van der Waals surface area contributed by atoms with Gasteiger partial charge in [-0.05, 0) is 0 Å². The van der Waals surface area contributed by atoms with Crippen molar-refractivity contribution in [2.24, 2.45) is 0 Å². The highest BCUT2D eigenvalue weighted by atomic mass is 35.6. The lowest BCUT2D eigenvalue weighted by Crippen LogP contribution is -2.49. The van der Waals surface area contributed by atoms with Crippen molar-refractivity contribution in [3.05, 3.63) is 0 Å². The van der Waals surface area contributed by atoms with Crippen LogP contribution >= 0.6 is 104 Å². The lowest BCUT2D eigenvalue weighted by Gasteiger charge is -2.32. The smallest absolute Gasteiger partial charge is 0.205 e. The monoisotopic (exact) mass is 391 g/mol. The average molecular weight is 395 g/mol. The molecule has 0 aromatic carbocycles. The van der Waals surface area contributed by atoms with E-state index in [0.29, 0.717) is 0 Å². The molecule has 0 unspecified atom stereocenters. The third-order valence-electron chi connectivity index (χ3n) is 1.99. The largest absolute Gasteiger partial charge is 0.247 e. The first-order valence-corrected chi connectivity index (χ1v) is 6.56. The van der Waals surface area contributed by atoms with Gasteiger partial charge in [0.25, 0.3) is 0 Å². The minimum atomic E-state index is -2.89. The summed E-state index contributed by atoms with van der Waals surface area (Å²) in [6.45, 7) is 0. The second kappa shape index (κ2) is 3.79. The molecule has 0 atom stereocenters. The van der Waals surface area contributed by atoms with Gasteiger partial charge < -0.3 is 0 Å². The first-order valence-electron chi connectivity index (χ1n) is 3.15. The molecule has 1 saturated carbocycles. The summed E-state index contributed by atoms with van der Waals surface area (Å²) in [4.78, 5) is 0. The van der Waals surface area contributed by atoms with Crippen LogP contribution in [0.4, 0.5) is 0 Å². The summed E-state index contributed by atoms with van der Waals surface area (Å²) >= 11 is 50.9. The van der Waals surface area contributed by atoms with E-state index in [1.807, 2.05) is 0 Å². The second-order valence-corrected chi connectivity index (χ2v) is 8.73. The molecule has 15 heavy (non-hydrogen) atoms. The molecule has 89 valence electrons. The average Bonchev–Trinajstić information content (AvgIpc) is 2.04. The van der Waals surface area contributed by atoms with Crippen LogP contribution in [-0.2, 0) is 5.11 Å². The van der Waals surface area contributed by atoms with Gasteiger partial charge in [-0.3, -0.25) is 0 Å². The molecule has 0 aliphatic heterocycles. The van der Waals surface area contributed by atoms with Gasteiger partial charge in [-0.15, -0.1) is 0 Å². The van der Waals surface area contributed by atoms with Gasteiger partial charge in [-0.1, -0.05) is 104 Å². The van der Waals surface area contributed by atoms with Gasteiger partial charge in [-0.25, -0.2) is 5.11 Å². The molecule has 10 heteroatoms. The van der Waals surface area contributed by atoms with E-state index in [1.165, 1.54) is 0 Å². The van der Waals surface area contributed by atoms with Crippen LogP contribution < -0.4 is 0 Å².